The molecule has 1 heterocycles. The van der Waals surface area contributed by atoms with Gasteiger partial charge >= 0.3 is 0 Å². The molecule has 1 atom stereocenters. The summed E-state index contributed by atoms with van der Waals surface area (Å²) in [5, 5.41) is 21.6. The molecule has 2 N–H and O–H groups in total. The normalized spacial score (nSPS) is 17.3. The lowest BCUT2D eigenvalue weighted by molar-refractivity contribution is -0.132. The highest BCUT2D eigenvalue weighted by atomic mass is 16.5. The number of hydrogen-bond donors (Lipinski definition) is 2. The van der Waals surface area contributed by atoms with Crippen LogP contribution < -0.4 is 9.64 Å². The molecule has 180 valence electrons. The fourth-order valence-corrected chi connectivity index (χ4v) is 4.48. The second-order valence-corrected chi connectivity index (χ2v) is 8.94. The molecule has 1 aliphatic rings. The number of carbonyl (C=O) groups is 2. The molecule has 3 aromatic carbocycles. The predicted octanol–water partition coefficient (Wildman–Crippen LogP) is 5.85. The lowest BCUT2D eigenvalue weighted by atomic mass is 9.93. The van der Waals surface area contributed by atoms with Crippen LogP contribution >= 0.6 is 0 Å². The molecule has 1 unspecified atom stereocenters. The fraction of sp³-hybridized carbons (Fsp3) is 0.241. The average molecular weight is 472 g/mol. The molecule has 0 saturated carbocycles. The average Bonchev–Trinajstić information content (AvgIpc) is 3.09. The SMILES string of the molecule is CCOc1ccc(/C(O)=C2/C(=O)C(=O)N(c3cccc(C)c3)C2c2cccc(O)c2)cc1C(C)C. The second-order valence-electron chi connectivity index (χ2n) is 8.94. The van der Waals surface area contributed by atoms with E-state index in [1.54, 1.807) is 36.4 Å². The van der Waals surface area contributed by atoms with E-state index in [-0.39, 0.29) is 23.0 Å². The summed E-state index contributed by atoms with van der Waals surface area (Å²) in [4.78, 5) is 28.0. The Balaban J connectivity index is 1.94. The largest absolute Gasteiger partial charge is 0.508 e. The third-order valence-electron chi connectivity index (χ3n) is 6.12. The topological polar surface area (TPSA) is 87.1 Å². The molecule has 0 aliphatic carbocycles. The smallest absolute Gasteiger partial charge is 0.300 e. The molecule has 1 fully saturated rings. The molecule has 1 aliphatic heterocycles. The van der Waals surface area contributed by atoms with Crippen LogP contribution in [0.5, 0.6) is 11.5 Å². The van der Waals surface area contributed by atoms with Crippen LogP contribution in [-0.2, 0) is 9.59 Å². The van der Waals surface area contributed by atoms with E-state index in [9.17, 15) is 19.8 Å². The predicted molar refractivity (Wildman–Crippen MR) is 136 cm³/mol. The number of Topliss-reactive ketones (excluding diaryl/α,β-unsaturated/α-hetero) is 1. The summed E-state index contributed by atoms with van der Waals surface area (Å²) >= 11 is 0. The number of ketones is 1. The zero-order valence-electron chi connectivity index (χ0n) is 20.3. The Morgan fingerprint density at radius 3 is 2.43 bits per heavy atom. The number of anilines is 1. The molecule has 6 nitrogen and oxygen atoms in total. The first-order chi connectivity index (χ1) is 16.7. The molecular formula is C29H29NO5. The van der Waals surface area contributed by atoms with Crippen molar-refractivity contribution in [1.82, 2.24) is 0 Å². The highest BCUT2D eigenvalue weighted by Crippen LogP contribution is 2.43. The maximum atomic E-state index is 13.3. The zero-order chi connectivity index (χ0) is 25.3. The first kappa shape index (κ1) is 24.1. The van der Waals surface area contributed by atoms with Gasteiger partial charge in [0.05, 0.1) is 18.2 Å². The number of phenolic OH excluding ortho intramolecular Hbond substituents is 1. The Kier molecular flexibility index (Phi) is 6.65. The van der Waals surface area contributed by atoms with Gasteiger partial charge in [-0.2, -0.15) is 0 Å². The summed E-state index contributed by atoms with van der Waals surface area (Å²) in [6.45, 7) is 8.34. The second kappa shape index (κ2) is 9.66. The maximum Gasteiger partial charge on any atom is 0.300 e. The number of hydrogen-bond acceptors (Lipinski definition) is 5. The number of nitrogens with zero attached hydrogens (tertiary/aromatic N) is 1. The number of aliphatic hydroxyl groups is 1. The molecular weight excluding hydrogens is 442 g/mol. The van der Waals surface area contributed by atoms with Crippen molar-refractivity contribution in [2.24, 2.45) is 0 Å². The summed E-state index contributed by atoms with van der Waals surface area (Å²) in [5.74, 6) is -0.959. The third kappa shape index (κ3) is 4.52. The van der Waals surface area contributed by atoms with Gasteiger partial charge in [-0.05, 0) is 78.9 Å². The van der Waals surface area contributed by atoms with E-state index in [4.69, 9.17) is 4.74 Å². The van der Waals surface area contributed by atoms with Gasteiger partial charge < -0.3 is 14.9 Å². The standard InChI is InChI=1S/C29H29NO5/c1-5-35-24-13-12-20(16-23(24)17(2)3)27(32)25-26(19-9-7-11-22(31)15-19)30(29(34)28(25)33)21-10-6-8-18(4)14-21/h6-17,26,31-32H,5H2,1-4H3/b27-25-. The Labute approximate surface area is 205 Å². The van der Waals surface area contributed by atoms with E-state index in [0.29, 0.717) is 29.2 Å². The molecule has 0 aromatic heterocycles. The Hall–Kier alpha value is -4.06. The van der Waals surface area contributed by atoms with Crippen LogP contribution in [0.15, 0.2) is 72.3 Å². The molecule has 1 saturated heterocycles. The minimum absolute atomic E-state index is 0.000455. The highest BCUT2D eigenvalue weighted by molar-refractivity contribution is 6.51. The summed E-state index contributed by atoms with van der Waals surface area (Å²) in [7, 11) is 0. The number of phenols is 1. The fourth-order valence-electron chi connectivity index (χ4n) is 4.48. The molecule has 4 rings (SSSR count). The summed E-state index contributed by atoms with van der Waals surface area (Å²) in [6, 6.07) is 18.0. The minimum Gasteiger partial charge on any atom is -0.508 e. The van der Waals surface area contributed by atoms with Gasteiger partial charge in [0.2, 0.25) is 0 Å². The number of ether oxygens (including phenoxy) is 1. The molecule has 1 amide bonds. The molecule has 3 aromatic rings. The van der Waals surface area contributed by atoms with Crippen LogP contribution in [0.1, 0.15) is 55.0 Å². The summed E-state index contributed by atoms with van der Waals surface area (Å²) in [6.07, 6.45) is 0. The zero-order valence-corrected chi connectivity index (χ0v) is 20.3. The lowest BCUT2D eigenvalue weighted by Gasteiger charge is -2.26. The van der Waals surface area contributed by atoms with E-state index >= 15 is 0 Å². The van der Waals surface area contributed by atoms with E-state index in [2.05, 4.69) is 0 Å². The van der Waals surface area contributed by atoms with Crippen molar-refractivity contribution in [2.75, 3.05) is 11.5 Å². The number of carbonyl (C=O) groups excluding carboxylic acids is 2. The van der Waals surface area contributed by atoms with Crippen molar-refractivity contribution in [3.05, 3.63) is 94.6 Å². The van der Waals surface area contributed by atoms with Crippen LogP contribution in [0.25, 0.3) is 5.76 Å². The van der Waals surface area contributed by atoms with Gasteiger partial charge in [0.15, 0.2) is 0 Å². The Morgan fingerprint density at radius 2 is 1.77 bits per heavy atom. The van der Waals surface area contributed by atoms with Crippen molar-refractivity contribution in [2.45, 2.75) is 39.7 Å². The minimum atomic E-state index is -0.905. The quantitative estimate of drug-likeness (QED) is 0.268. The Morgan fingerprint density at radius 1 is 1.03 bits per heavy atom. The molecule has 6 heteroatoms. The molecule has 0 radical (unpaired) electrons. The summed E-state index contributed by atoms with van der Waals surface area (Å²) in [5.41, 5.74) is 3.26. The number of aliphatic hydroxyl groups excluding tert-OH is 1. The van der Waals surface area contributed by atoms with Gasteiger partial charge in [0.1, 0.15) is 17.3 Å². The number of benzene rings is 3. The number of aromatic hydroxyl groups is 1. The van der Waals surface area contributed by atoms with Crippen molar-refractivity contribution in [3.63, 3.8) is 0 Å². The number of rotatable bonds is 6. The van der Waals surface area contributed by atoms with Crippen LogP contribution in [-0.4, -0.2) is 28.5 Å². The van der Waals surface area contributed by atoms with E-state index in [1.165, 1.54) is 17.0 Å². The van der Waals surface area contributed by atoms with Crippen molar-refractivity contribution in [3.8, 4) is 11.5 Å². The van der Waals surface area contributed by atoms with Crippen molar-refractivity contribution < 1.29 is 24.5 Å². The first-order valence-electron chi connectivity index (χ1n) is 11.7. The van der Waals surface area contributed by atoms with E-state index in [0.717, 1.165) is 11.1 Å². The summed E-state index contributed by atoms with van der Waals surface area (Å²) < 4.78 is 5.73. The monoisotopic (exact) mass is 471 g/mol. The number of amides is 1. The van der Waals surface area contributed by atoms with Gasteiger partial charge in [0.25, 0.3) is 11.7 Å². The van der Waals surface area contributed by atoms with Crippen molar-refractivity contribution in [1.29, 1.82) is 0 Å². The third-order valence-corrected chi connectivity index (χ3v) is 6.12. The van der Waals surface area contributed by atoms with E-state index in [1.807, 2.05) is 45.9 Å². The highest BCUT2D eigenvalue weighted by Gasteiger charge is 2.47. The van der Waals surface area contributed by atoms with E-state index < -0.39 is 17.7 Å². The molecule has 0 spiro atoms. The molecule has 0 bridgehead atoms. The van der Waals surface area contributed by atoms with Gasteiger partial charge in [-0.3, -0.25) is 14.5 Å². The van der Waals surface area contributed by atoms with Gasteiger partial charge in [0, 0.05) is 11.3 Å². The Bertz CT molecular complexity index is 1320. The van der Waals surface area contributed by atoms with Crippen LogP contribution in [0.2, 0.25) is 0 Å². The first-order valence-corrected chi connectivity index (χ1v) is 11.7. The lowest BCUT2D eigenvalue weighted by Crippen LogP contribution is -2.29. The van der Waals surface area contributed by atoms with Crippen LogP contribution in [0, 0.1) is 6.92 Å². The maximum absolute atomic E-state index is 13.3. The number of aryl methyl sites for hydroxylation is 1. The van der Waals surface area contributed by atoms with Crippen LogP contribution in [0.4, 0.5) is 5.69 Å². The van der Waals surface area contributed by atoms with Crippen molar-refractivity contribution >= 4 is 23.1 Å². The molecule has 35 heavy (non-hydrogen) atoms. The van der Waals surface area contributed by atoms with Gasteiger partial charge in [-0.1, -0.05) is 38.1 Å². The van der Waals surface area contributed by atoms with Crippen LogP contribution in [0.3, 0.4) is 0 Å². The van der Waals surface area contributed by atoms with Gasteiger partial charge in [-0.25, -0.2) is 0 Å². The van der Waals surface area contributed by atoms with Gasteiger partial charge in [-0.15, -0.1) is 0 Å².